The van der Waals surface area contributed by atoms with Crippen molar-refractivity contribution in [1.29, 1.82) is 0 Å². The molecule has 0 aliphatic carbocycles. The number of hydrogen-bond donors (Lipinski definition) is 3. The number of nitrogens with one attached hydrogen (secondary N) is 3. The van der Waals surface area contributed by atoms with Crippen LogP contribution in [0.3, 0.4) is 0 Å². The number of halogens is 4. The van der Waals surface area contributed by atoms with Crippen LogP contribution in [0.5, 0.6) is 0 Å². The number of rotatable bonds is 9. The second kappa shape index (κ2) is 14.4. The maximum Gasteiger partial charge on any atom is 0.272 e. The second-order valence-electron chi connectivity index (χ2n) is 8.90. The first-order valence-electron chi connectivity index (χ1n) is 12.5. The molecule has 3 amide bonds. The third-order valence-corrected chi connectivity index (χ3v) is 7.58. The van der Waals surface area contributed by atoms with Crippen molar-refractivity contribution >= 4 is 81.7 Å². The zero-order chi connectivity index (χ0) is 30.2. The molecular weight excluding hydrogens is 620 g/mol. The minimum absolute atomic E-state index is 0.0530. The van der Waals surface area contributed by atoms with Gasteiger partial charge in [-0.3, -0.25) is 14.4 Å². The van der Waals surface area contributed by atoms with Crippen LogP contribution in [-0.4, -0.2) is 23.0 Å². The first-order chi connectivity index (χ1) is 20.1. The molecule has 0 aliphatic rings. The van der Waals surface area contributed by atoms with E-state index in [1.807, 2.05) is 0 Å². The van der Waals surface area contributed by atoms with Crippen LogP contribution in [0.25, 0.3) is 6.08 Å². The molecule has 0 aliphatic heterocycles. The average molecular weight is 643 g/mol. The van der Waals surface area contributed by atoms with E-state index in [9.17, 15) is 18.8 Å². The number of benzene rings is 4. The quantitative estimate of drug-likeness (QED) is 0.127. The van der Waals surface area contributed by atoms with E-state index in [4.69, 9.17) is 34.8 Å². The smallest absolute Gasteiger partial charge is 0.272 e. The molecule has 0 spiro atoms. The zero-order valence-electron chi connectivity index (χ0n) is 22.0. The highest BCUT2D eigenvalue weighted by molar-refractivity contribution is 8.00. The highest BCUT2D eigenvalue weighted by Crippen LogP contribution is 2.28. The minimum Gasteiger partial charge on any atom is -0.325 e. The number of thioether (sulfide) groups is 1. The van der Waals surface area contributed by atoms with Crippen molar-refractivity contribution in [1.82, 2.24) is 5.32 Å². The van der Waals surface area contributed by atoms with Crippen molar-refractivity contribution < 1.29 is 18.8 Å². The van der Waals surface area contributed by atoms with Gasteiger partial charge in [-0.2, -0.15) is 0 Å². The van der Waals surface area contributed by atoms with Crippen LogP contribution in [-0.2, 0) is 9.59 Å². The molecule has 0 bridgehead atoms. The first kappa shape index (κ1) is 31.1. The predicted molar refractivity (Wildman–Crippen MR) is 169 cm³/mol. The summed E-state index contributed by atoms with van der Waals surface area (Å²) in [6.45, 7) is 1.73. The molecule has 0 heterocycles. The van der Waals surface area contributed by atoms with Crippen molar-refractivity contribution in [2.75, 3.05) is 10.6 Å². The summed E-state index contributed by atoms with van der Waals surface area (Å²) < 4.78 is 14.6. The molecule has 0 saturated heterocycles. The van der Waals surface area contributed by atoms with Crippen molar-refractivity contribution in [3.8, 4) is 0 Å². The van der Waals surface area contributed by atoms with Crippen molar-refractivity contribution in [3.63, 3.8) is 0 Å². The molecule has 0 saturated carbocycles. The Morgan fingerprint density at radius 1 is 0.810 bits per heavy atom. The lowest BCUT2D eigenvalue weighted by atomic mass is 10.1. The SMILES string of the molecule is CC(Sc1cccc(NC(=O)/C(=C\c2c(F)cccc2Cl)NC(=O)c2ccccc2)c1)C(=O)Nc1cc(Cl)cc(Cl)c1. The standard InChI is InChI=1S/C31H23Cl3FN3O3S/c1-18(29(39)37-23-14-20(32)13-21(33)15-23)42-24-10-5-9-22(16-24)36-31(41)28(17-25-26(34)11-6-12-27(25)35)38-30(40)19-7-3-2-4-8-19/h2-18H,1H3,(H,36,41)(H,37,39)(H,38,40)/b28-17+. The topological polar surface area (TPSA) is 87.3 Å². The van der Waals surface area contributed by atoms with E-state index in [-0.39, 0.29) is 22.2 Å². The van der Waals surface area contributed by atoms with Gasteiger partial charge in [0.2, 0.25) is 5.91 Å². The Kier molecular flexibility index (Phi) is 10.7. The summed E-state index contributed by atoms with van der Waals surface area (Å²) in [4.78, 5) is 39.7. The van der Waals surface area contributed by atoms with Crippen LogP contribution in [0.15, 0.2) is 102 Å². The van der Waals surface area contributed by atoms with Gasteiger partial charge in [-0.05, 0) is 73.7 Å². The molecule has 1 unspecified atom stereocenters. The molecule has 214 valence electrons. The van der Waals surface area contributed by atoms with E-state index >= 15 is 0 Å². The summed E-state index contributed by atoms with van der Waals surface area (Å²) in [6, 6.07) is 24.0. The van der Waals surface area contributed by atoms with Crippen LogP contribution >= 0.6 is 46.6 Å². The summed E-state index contributed by atoms with van der Waals surface area (Å²) in [6.07, 6.45) is 1.18. The lowest BCUT2D eigenvalue weighted by Crippen LogP contribution is -2.30. The van der Waals surface area contributed by atoms with Gasteiger partial charge in [0.1, 0.15) is 11.5 Å². The lowest BCUT2D eigenvalue weighted by Gasteiger charge is -2.14. The summed E-state index contributed by atoms with van der Waals surface area (Å²) >= 11 is 19.5. The first-order valence-corrected chi connectivity index (χ1v) is 14.5. The molecular formula is C31H23Cl3FN3O3S. The lowest BCUT2D eigenvalue weighted by molar-refractivity contribution is -0.115. The number of amides is 3. The molecule has 4 aromatic rings. The molecule has 6 nitrogen and oxygen atoms in total. The van der Waals surface area contributed by atoms with E-state index in [1.54, 1.807) is 79.7 Å². The minimum atomic E-state index is -0.704. The Hall–Kier alpha value is -3.82. The van der Waals surface area contributed by atoms with Gasteiger partial charge in [0.05, 0.1) is 10.3 Å². The number of carbonyl (C=O) groups is 3. The van der Waals surface area contributed by atoms with Gasteiger partial charge in [0.25, 0.3) is 11.8 Å². The molecule has 11 heteroatoms. The normalized spacial score (nSPS) is 11.9. The van der Waals surface area contributed by atoms with E-state index in [1.165, 1.54) is 36.0 Å². The fourth-order valence-electron chi connectivity index (χ4n) is 3.71. The average Bonchev–Trinajstić information content (AvgIpc) is 2.94. The fraction of sp³-hybridized carbons (Fsp3) is 0.0645. The Balaban J connectivity index is 1.51. The van der Waals surface area contributed by atoms with Gasteiger partial charge in [0.15, 0.2) is 0 Å². The van der Waals surface area contributed by atoms with Crippen LogP contribution in [0.2, 0.25) is 15.1 Å². The molecule has 3 N–H and O–H groups in total. The molecule has 0 radical (unpaired) electrons. The monoisotopic (exact) mass is 641 g/mol. The van der Waals surface area contributed by atoms with E-state index < -0.39 is 22.9 Å². The van der Waals surface area contributed by atoms with Crippen molar-refractivity contribution in [2.45, 2.75) is 17.1 Å². The molecule has 0 fully saturated rings. The maximum absolute atomic E-state index is 14.6. The fourth-order valence-corrected chi connectivity index (χ4v) is 5.38. The van der Waals surface area contributed by atoms with Gasteiger partial charge in [-0.25, -0.2) is 4.39 Å². The Bertz CT molecular complexity index is 1630. The van der Waals surface area contributed by atoms with Gasteiger partial charge < -0.3 is 16.0 Å². The molecule has 4 aromatic carbocycles. The molecule has 4 rings (SSSR count). The van der Waals surface area contributed by atoms with Crippen molar-refractivity contribution in [2.24, 2.45) is 0 Å². The summed E-state index contributed by atoms with van der Waals surface area (Å²) in [7, 11) is 0. The summed E-state index contributed by atoms with van der Waals surface area (Å²) in [5.41, 5.74) is 0.891. The van der Waals surface area contributed by atoms with Crippen LogP contribution < -0.4 is 16.0 Å². The number of hydrogen-bond acceptors (Lipinski definition) is 4. The molecule has 1 atom stereocenters. The molecule has 42 heavy (non-hydrogen) atoms. The molecule has 0 aromatic heterocycles. The van der Waals surface area contributed by atoms with Crippen LogP contribution in [0.4, 0.5) is 15.8 Å². The van der Waals surface area contributed by atoms with Gasteiger partial charge in [0, 0.05) is 37.4 Å². The largest absolute Gasteiger partial charge is 0.325 e. The maximum atomic E-state index is 14.6. The third-order valence-electron chi connectivity index (χ3n) is 5.72. The van der Waals surface area contributed by atoms with Crippen molar-refractivity contribution in [3.05, 3.63) is 129 Å². The zero-order valence-corrected chi connectivity index (χ0v) is 25.0. The predicted octanol–water partition coefficient (Wildman–Crippen LogP) is 8.31. The van der Waals surface area contributed by atoms with Gasteiger partial charge in [-0.1, -0.05) is 65.1 Å². The third kappa shape index (κ3) is 8.59. The number of anilines is 2. The summed E-state index contributed by atoms with van der Waals surface area (Å²) in [5, 5.41) is 8.41. The second-order valence-corrected chi connectivity index (χ2v) is 11.6. The van der Waals surface area contributed by atoms with E-state index in [0.717, 1.165) is 0 Å². The van der Waals surface area contributed by atoms with E-state index in [2.05, 4.69) is 16.0 Å². The Morgan fingerprint density at radius 3 is 2.19 bits per heavy atom. The summed E-state index contributed by atoms with van der Waals surface area (Å²) in [5.74, 6) is -2.20. The Morgan fingerprint density at radius 2 is 1.50 bits per heavy atom. The Labute approximate surface area is 261 Å². The number of carbonyl (C=O) groups excluding carboxylic acids is 3. The van der Waals surface area contributed by atoms with E-state index in [0.29, 0.717) is 31.9 Å². The van der Waals surface area contributed by atoms with Gasteiger partial charge in [-0.15, -0.1) is 11.8 Å². The van der Waals surface area contributed by atoms with Gasteiger partial charge >= 0.3 is 0 Å². The highest BCUT2D eigenvalue weighted by Gasteiger charge is 2.19. The highest BCUT2D eigenvalue weighted by atomic mass is 35.5. The van der Waals surface area contributed by atoms with Crippen LogP contribution in [0.1, 0.15) is 22.8 Å². The van der Waals surface area contributed by atoms with Crippen LogP contribution in [0, 0.1) is 5.82 Å².